The van der Waals surface area contributed by atoms with E-state index in [1.807, 2.05) is 40.7 Å². The first-order valence-corrected chi connectivity index (χ1v) is 13.1. The molecule has 5 N–H and O–H groups in total. The van der Waals surface area contributed by atoms with Crippen LogP contribution in [0.25, 0.3) is 10.9 Å². The molecule has 0 aliphatic heterocycles. The van der Waals surface area contributed by atoms with Gasteiger partial charge in [0.2, 0.25) is 12.3 Å². The maximum absolute atomic E-state index is 12.8. The summed E-state index contributed by atoms with van der Waals surface area (Å²) in [6, 6.07) is 5.53. The van der Waals surface area contributed by atoms with E-state index in [4.69, 9.17) is 20.1 Å². The maximum atomic E-state index is 12.8. The molecule has 1 aromatic heterocycles. The van der Waals surface area contributed by atoms with Gasteiger partial charge in [-0.1, -0.05) is 33.8 Å². The highest BCUT2D eigenvalue weighted by Gasteiger charge is 2.33. The topological polar surface area (TPSA) is 133 Å². The molecule has 1 saturated carbocycles. The number of nitrogens with zero attached hydrogens (tertiary/aromatic N) is 2. The number of carbonyl (C=O) groups is 2. The molecule has 2 aromatic rings. The van der Waals surface area contributed by atoms with E-state index in [0.29, 0.717) is 17.1 Å². The van der Waals surface area contributed by atoms with E-state index in [1.54, 1.807) is 13.1 Å². The van der Waals surface area contributed by atoms with E-state index in [-0.39, 0.29) is 36.3 Å². The van der Waals surface area contributed by atoms with Crippen molar-refractivity contribution in [1.82, 2.24) is 15.4 Å². The second-order valence-electron chi connectivity index (χ2n) is 7.60. The number of halogens is 3. The van der Waals surface area contributed by atoms with Crippen LogP contribution in [-0.4, -0.2) is 49.2 Å². The highest BCUT2D eigenvalue weighted by atomic mass is 19.4. The van der Waals surface area contributed by atoms with Crippen LogP contribution < -0.4 is 26.4 Å². The van der Waals surface area contributed by atoms with Crippen molar-refractivity contribution in [2.75, 3.05) is 20.8 Å². The van der Waals surface area contributed by atoms with Crippen molar-refractivity contribution < 1.29 is 32.3 Å². The normalized spacial score (nSPS) is 11.9. The first kappa shape index (κ1) is 41.7. The van der Waals surface area contributed by atoms with Gasteiger partial charge < -0.3 is 26.4 Å². The van der Waals surface area contributed by atoms with Gasteiger partial charge in [0.15, 0.2) is 5.75 Å². The van der Waals surface area contributed by atoms with Crippen molar-refractivity contribution in [3.8, 4) is 24.3 Å². The number of hydrogen-bond acceptors (Lipinski definition) is 7. The van der Waals surface area contributed by atoms with E-state index in [9.17, 15) is 18.0 Å². The molecule has 12 heteroatoms. The summed E-state index contributed by atoms with van der Waals surface area (Å²) >= 11 is 0. The number of pyridine rings is 1. The fraction of sp³-hybridized carbons (Fsp3) is 0.483. The van der Waals surface area contributed by atoms with Gasteiger partial charge in [-0.15, -0.1) is 24.5 Å². The molecule has 1 aromatic carbocycles. The molecule has 0 radical (unpaired) electrons. The van der Waals surface area contributed by atoms with Crippen molar-refractivity contribution in [1.29, 1.82) is 0 Å². The van der Waals surface area contributed by atoms with Gasteiger partial charge in [-0.2, -0.15) is 13.2 Å². The number of alkyl halides is 3. The second kappa shape index (κ2) is 24.0. The number of carbonyl (C=O) groups excluding carboxylic acids is 2. The molecule has 0 spiro atoms. The number of nitrogens with one attached hydrogen (secondary N) is 1. The van der Waals surface area contributed by atoms with E-state index >= 15 is 0 Å². The zero-order valence-corrected chi connectivity index (χ0v) is 25.1. The van der Waals surface area contributed by atoms with Crippen LogP contribution in [0.4, 0.5) is 13.2 Å². The van der Waals surface area contributed by atoms with Crippen LogP contribution in [0.15, 0.2) is 36.9 Å². The Bertz CT molecular complexity index is 1030. The fourth-order valence-corrected chi connectivity index (χ4v) is 2.79. The number of terminal acetylenes is 1. The van der Waals surface area contributed by atoms with Crippen molar-refractivity contribution in [2.24, 2.45) is 17.4 Å². The quantitative estimate of drug-likeness (QED) is 0.126. The number of benzene rings is 1. The number of rotatable bonds is 8. The predicted octanol–water partition coefficient (Wildman–Crippen LogP) is 5.28. The SMILES string of the molecule is C#C.C=CCC(C)NC(=O)C1CC1.CC.CC.COc1ccc(ON(C)CN)c2ccc(C(F)(F)F)nc12.NC=O. The Balaban J connectivity index is -0.000000607. The number of ether oxygens (including phenoxy) is 1. The number of fused-ring (bicyclic) bond motifs is 1. The summed E-state index contributed by atoms with van der Waals surface area (Å²) < 4.78 is 43.3. The third-order valence-electron chi connectivity index (χ3n) is 4.66. The summed E-state index contributed by atoms with van der Waals surface area (Å²) in [6.07, 6.45) is 8.57. The molecular weight excluding hydrogens is 539 g/mol. The summed E-state index contributed by atoms with van der Waals surface area (Å²) in [5.41, 5.74) is 8.67. The fourth-order valence-electron chi connectivity index (χ4n) is 2.79. The molecule has 1 aliphatic carbocycles. The molecular formula is C29H46F3N5O4. The summed E-state index contributed by atoms with van der Waals surface area (Å²) in [7, 11) is 2.97. The smallest absolute Gasteiger partial charge is 0.433 e. The van der Waals surface area contributed by atoms with Crippen molar-refractivity contribution in [2.45, 2.75) is 66.1 Å². The van der Waals surface area contributed by atoms with Crippen molar-refractivity contribution >= 4 is 23.2 Å². The van der Waals surface area contributed by atoms with Gasteiger partial charge in [-0.25, -0.2) is 4.98 Å². The van der Waals surface area contributed by atoms with Gasteiger partial charge in [-0.3, -0.25) is 9.59 Å². The Hall–Kier alpha value is -3.82. The van der Waals surface area contributed by atoms with Gasteiger partial charge in [0.25, 0.3) is 0 Å². The van der Waals surface area contributed by atoms with Crippen molar-refractivity contribution in [3.63, 3.8) is 0 Å². The Morgan fingerprint density at radius 1 is 1.20 bits per heavy atom. The summed E-state index contributed by atoms with van der Waals surface area (Å²) in [6.45, 7) is 13.7. The van der Waals surface area contributed by atoms with Crippen LogP contribution in [0, 0.1) is 18.8 Å². The number of aromatic nitrogens is 1. The number of hydroxylamine groups is 2. The zero-order valence-electron chi connectivity index (χ0n) is 25.1. The van der Waals surface area contributed by atoms with Crippen LogP contribution in [0.3, 0.4) is 0 Å². The molecule has 41 heavy (non-hydrogen) atoms. The number of nitrogens with two attached hydrogens (primary N) is 2. The first-order chi connectivity index (χ1) is 19.5. The van der Waals surface area contributed by atoms with Crippen LogP contribution in [-0.2, 0) is 15.8 Å². The molecule has 9 nitrogen and oxygen atoms in total. The molecule has 0 bridgehead atoms. The molecule has 1 atom stereocenters. The lowest BCUT2D eigenvalue weighted by Crippen LogP contribution is -2.33. The average Bonchev–Trinajstić information content (AvgIpc) is 3.82. The lowest BCUT2D eigenvalue weighted by atomic mass is 10.1. The molecule has 3 rings (SSSR count). The Morgan fingerprint density at radius 3 is 2.12 bits per heavy atom. The molecule has 0 saturated heterocycles. The summed E-state index contributed by atoms with van der Waals surface area (Å²) in [5, 5.41) is 4.68. The lowest BCUT2D eigenvalue weighted by molar-refractivity contribution is -0.141. The van der Waals surface area contributed by atoms with Crippen LogP contribution >= 0.6 is 0 Å². The van der Waals surface area contributed by atoms with E-state index in [2.05, 4.69) is 35.5 Å². The third kappa shape index (κ3) is 16.8. The highest BCUT2D eigenvalue weighted by molar-refractivity contribution is 5.90. The van der Waals surface area contributed by atoms with Gasteiger partial charge >= 0.3 is 6.18 Å². The highest BCUT2D eigenvalue weighted by Crippen LogP contribution is 2.35. The van der Waals surface area contributed by atoms with Gasteiger partial charge in [-0.05, 0) is 50.5 Å². The van der Waals surface area contributed by atoms with Crippen LogP contribution in [0.1, 0.15) is 59.6 Å². The predicted molar refractivity (Wildman–Crippen MR) is 159 cm³/mol. The van der Waals surface area contributed by atoms with Gasteiger partial charge in [0, 0.05) is 24.4 Å². The summed E-state index contributed by atoms with van der Waals surface area (Å²) in [4.78, 5) is 28.8. The molecule has 2 amide bonds. The van der Waals surface area contributed by atoms with E-state index in [0.717, 1.165) is 25.3 Å². The lowest BCUT2D eigenvalue weighted by Gasteiger charge is -2.17. The van der Waals surface area contributed by atoms with E-state index in [1.165, 1.54) is 24.3 Å². The van der Waals surface area contributed by atoms with Crippen LogP contribution in [0.5, 0.6) is 11.5 Å². The molecule has 1 fully saturated rings. The zero-order chi connectivity index (χ0) is 32.6. The number of primary amides is 1. The number of methoxy groups -OCH3 is 1. The standard InChI is InChI=1S/C13H14F3N3O2.C9H15NO.2C2H6.C2H2.CH3NO/c1-19(7-17)21-9-4-5-10(20-2)12-8(9)3-6-11(18-12)13(14,15)16;1-3-4-7(2)10-9(11)8-5-6-8;3*1-2;2-1-3/h3-6H,7,17H2,1-2H3;3,7-8H,1,4-6H2,2H3,(H,10,11);2*1-2H3;1-2H;1H,(H2,2,3). The Kier molecular flexibility index (Phi) is 24.4. The first-order valence-electron chi connectivity index (χ1n) is 13.1. The molecule has 1 heterocycles. The van der Waals surface area contributed by atoms with Crippen molar-refractivity contribution in [3.05, 3.63) is 42.6 Å². The van der Waals surface area contributed by atoms with E-state index < -0.39 is 11.9 Å². The largest absolute Gasteiger partial charge is 0.494 e. The number of hydrogen-bond donors (Lipinski definition) is 3. The second-order valence-corrected chi connectivity index (χ2v) is 7.60. The Labute approximate surface area is 242 Å². The average molecular weight is 586 g/mol. The Morgan fingerprint density at radius 2 is 1.71 bits per heavy atom. The minimum atomic E-state index is -4.52. The van der Waals surface area contributed by atoms with Gasteiger partial charge in [0.05, 0.1) is 13.8 Å². The third-order valence-corrected chi connectivity index (χ3v) is 4.66. The van der Waals surface area contributed by atoms with Gasteiger partial charge in [0.1, 0.15) is 17.0 Å². The minimum absolute atomic E-state index is 0.0789. The molecule has 232 valence electrons. The monoisotopic (exact) mass is 585 g/mol. The van der Waals surface area contributed by atoms with Crippen LogP contribution in [0.2, 0.25) is 0 Å². The molecule has 1 unspecified atom stereocenters. The minimum Gasteiger partial charge on any atom is -0.494 e. The molecule has 1 aliphatic rings. The number of amides is 2. The summed E-state index contributed by atoms with van der Waals surface area (Å²) in [5.74, 6) is 1.13. The maximum Gasteiger partial charge on any atom is 0.433 e.